The van der Waals surface area contributed by atoms with Gasteiger partial charge in [0.2, 0.25) is 11.9 Å². The molecule has 0 radical (unpaired) electrons. The molecule has 2 saturated carbocycles. The van der Waals surface area contributed by atoms with E-state index in [0.717, 1.165) is 30.3 Å². The van der Waals surface area contributed by atoms with Gasteiger partial charge in [-0.05, 0) is 43.1 Å². The topological polar surface area (TPSA) is 63.1 Å². The lowest BCUT2D eigenvalue weighted by molar-refractivity contribution is -0.434. The number of dihydropyridines is 1. The summed E-state index contributed by atoms with van der Waals surface area (Å²) in [7, 11) is 0. The molecule has 0 bridgehead atoms. The molecule has 6 heteroatoms. The van der Waals surface area contributed by atoms with Crippen molar-refractivity contribution in [3.63, 3.8) is 0 Å². The SMILES string of the molecule is CCCC[N+]1=C2C=C(C(C)C)C=NC2n2c(nnc2C2(C3CC3)CC2)C1=O. The lowest BCUT2D eigenvalue weighted by Crippen LogP contribution is -2.42. The molecule has 2 aliphatic carbocycles. The highest BCUT2D eigenvalue weighted by Gasteiger charge is 2.60. The molecule has 0 N–H and O–H groups in total. The second kappa shape index (κ2) is 5.94. The summed E-state index contributed by atoms with van der Waals surface area (Å²) in [6.07, 6.45) is 10.9. The van der Waals surface area contributed by atoms with Gasteiger partial charge in [0.25, 0.3) is 5.82 Å². The van der Waals surface area contributed by atoms with Crippen molar-refractivity contribution in [2.75, 3.05) is 6.54 Å². The summed E-state index contributed by atoms with van der Waals surface area (Å²) in [4.78, 5) is 18.2. The van der Waals surface area contributed by atoms with E-state index in [1.54, 1.807) is 0 Å². The third-order valence-corrected chi connectivity index (χ3v) is 6.63. The van der Waals surface area contributed by atoms with Crippen molar-refractivity contribution < 1.29 is 9.37 Å². The smallest absolute Gasteiger partial charge is 0.269 e. The van der Waals surface area contributed by atoms with Gasteiger partial charge in [0, 0.05) is 24.1 Å². The summed E-state index contributed by atoms with van der Waals surface area (Å²) < 4.78 is 3.97. The zero-order valence-electron chi connectivity index (χ0n) is 16.5. The highest BCUT2D eigenvalue weighted by molar-refractivity contribution is 6.07. The van der Waals surface area contributed by atoms with Gasteiger partial charge in [0.15, 0.2) is 6.54 Å². The lowest BCUT2D eigenvalue weighted by Gasteiger charge is -2.26. The van der Waals surface area contributed by atoms with Crippen LogP contribution in [0.2, 0.25) is 0 Å². The molecule has 0 spiro atoms. The van der Waals surface area contributed by atoms with Crippen molar-refractivity contribution in [3.8, 4) is 0 Å². The van der Waals surface area contributed by atoms with Crippen LogP contribution in [0, 0.1) is 11.8 Å². The first-order valence-corrected chi connectivity index (χ1v) is 10.5. The molecule has 3 heterocycles. The highest BCUT2D eigenvalue weighted by atomic mass is 16.2. The van der Waals surface area contributed by atoms with Crippen LogP contribution >= 0.6 is 0 Å². The van der Waals surface area contributed by atoms with E-state index in [4.69, 9.17) is 4.99 Å². The third-order valence-electron chi connectivity index (χ3n) is 6.63. The van der Waals surface area contributed by atoms with Crippen molar-refractivity contribution in [1.29, 1.82) is 0 Å². The van der Waals surface area contributed by atoms with Gasteiger partial charge < -0.3 is 0 Å². The minimum absolute atomic E-state index is 0.0171. The Morgan fingerprint density at radius 2 is 2.07 bits per heavy atom. The van der Waals surface area contributed by atoms with E-state index in [2.05, 4.69) is 41.6 Å². The number of nitrogens with zero attached hydrogens (tertiary/aromatic N) is 5. The van der Waals surface area contributed by atoms with E-state index in [1.807, 2.05) is 10.8 Å². The molecule has 1 amide bonds. The van der Waals surface area contributed by atoms with Gasteiger partial charge in [-0.15, -0.1) is 10.2 Å². The molecule has 1 unspecified atom stereocenters. The summed E-state index contributed by atoms with van der Waals surface area (Å²) in [5.74, 6) is 2.56. The monoisotopic (exact) mass is 366 g/mol. The molecule has 2 aliphatic heterocycles. The minimum atomic E-state index is -0.196. The number of aromatic nitrogens is 3. The number of fused-ring (bicyclic) bond motifs is 3. The number of allylic oxidation sites excluding steroid dienone is 1. The molecule has 0 aromatic carbocycles. The van der Waals surface area contributed by atoms with E-state index in [9.17, 15) is 4.79 Å². The van der Waals surface area contributed by atoms with Crippen LogP contribution in [0.5, 0.6) is 0 Å². The van der Waals surface area contributed by atoms with Gasteiger partial charge in [-0.25, -0.2) is 4.79 Å². The van der Waals surface area contributed by atoms with Crippen molar-refractivity contribution in [2.24, 2.45) is 16.8 Å². The van der Waals surface area contributed by atoms with Gasteiger partial charge in [-0.2, -0.15) is 4.58 Å². The Hall–Kier alpha value is -2.11. The van der Waals surface area contributed by atoms with Crippen LogP contribution in [0.4, 0.5) is 0 Å². The summed E-state index contributed by atoms with van der Waals surface area (Å²) >= 11 is 0. The zero-order chi connectivity index (χ0) is 18.8. The third kappa shape index (κ3) is 2.48. The molecule has 5 rings (SSSR count). The second-order valence-electron chi connectivity index (χ2n) is 8.83. The number of amides is 1. The molecular formula is C21H28N5O+. The summed E-state index contributed by atoms with van der Waals surface area (Å²) in [5, 5.41) is 8.93. The normalized spacial score (nSPS) is 25.6. The summed E-state index contributed by atoms with van der Waals surface area (Å²) in [6, 6.07) is 0. The number of aliphatic imine (C=N–C) groups is 1. The predicted molar refractivity (Wildman–Crippen MR) is 103 cm³/mol. The van der Waals surface area contributed by atoms with E-state index >= 15 is 0 Å². The fraction of sp³-hybridized carbons (Fsp3) is 0.667. The Balaban J connectivity index is 1.64. The maximum Gasteiger partial charge on any atom is 0.457 e. The molecule has 27 heavy (non-hydrogen) atoms. The van der Waals surface area contributed by atoms with Crippen LogP contribution in [0.15, 0.2) is 16.6 Å². The van der Waals surface area contributed by atoms with Crippen LogP contribution in [0.3, 0.4) is 0 Å². The van der Waals surface area contributed by atoms with Gasteiger partial charge in [-0.1, -0.05) is 27.2 Å². The number of rotatable bonds is 6. The number of unbranched alkanes of at least 4 members (excludes halogenated alkanes) is 1. The molecule has 6 nitrogen and oxygen atoms in total. The lowest BCUT2D eigenvalue weighted by atomic mass is 9.96. The van der Waals surface area contributed by atoms with Gasteiger partial charge >= 0.3 is 5.91 Å². The minimum Gasteiger partial charge on any atom is -0.269 e. The number of carbonyl (C=O) groups is 1. The molecule has 2 fully saturated rings. The van der Waals surface area contributed by atoms with Crippen LogP contribution in [0.25, 0.3) is 0 Å². The number of hydrogen-bond donors (Lipinski definition) is 0. The molecule has 4 aliphatic rings. The first-order valence-electron chi connectivity index (χ1n) is 10.5. The van der Waals surface area contributed by atoms with Gasteiger partial charge in [0.1, 0.15) is 5.82 Å². The molecule has 1 aromatic heterocycles. The van der Waals surface area contributed by atoms with Gasteiger partial charge in [0.05, 0.1) is 0 Å². The Kier molecular flexibility index (Phi) is 3.75. The van der Waals surface area contributed by atoms with Crippen LogP contribution in [-0.2, 0) is 5.41 Å². The van der Waals surface area contributed by atoms with E-state index in [-0.39, 0.29) is 17.5 Å². The Labute approximate surface area is 160 Å². The van der Waals surface area contributed by atoms with E-state index in [0.29, 0.717) is 18.3 Å². The van der Waals surface area contributed by atoms with Crippen molar-refractivity contribution in [2.45, 2.75) is 70.9 Å². The molecule has 1 atom stereocenters. The fourth-order valence-corrected chi connectivity index (χ4v) is 4.63. The van der Waals surface area contributed by atoms with Crippen LogP contribution in [0.1, 0.15) is 81.9 Å². The van der Waals surface area contributed by atoms with E-state index in [1.165, 1.54) is 31.3 Å². The number of hydrogen-bond acceptors (Lipinski definition) is 4. The van der Waals surface area contributed by atoms with Crippen molar-refractivity contribution >= 4 is 17.8 Å². The maximum atomic E-state index is 13.3. The molecular weight excluding hydrogens is 338 g/mol. The Morgan fingerprint density at radius 3 is 2.70 bits per heavy atom. The zero-order valence-corrected chi connectivity index (χ0v) is 16.5. The second-order valence-corrected chi connectivity index (χ2v) is 8.83. The predicted octanol–water partition coefficient (Wildman–Crippen LogP) is 3.29. The average Bonchev–Trinajstić information content (AvgIpc) is 3.58. The van der Waals surface area contributed by atoms with Gasteiger partial charge in [-0.3, -0.25) is 9.56 Å². The Morgan fingerprint density at radius 1 is 1.30 bits per heavy atom. The first-order chi connectivity index (χ1) is 13.1. The summed E-state index contributed by atoms with van der Waals surface area (Å²) in [6.45, 7) is 7.20. The quantitative estimate of drug-likeness (QED) is 0.726. The molecule has 1 aromatic rings. The molecule has 142 valence electrons. The molecule has 0 saturated heterocycles. The number of carbonyl (C=O) groups excluding carboxylic acids is 1. The maximum absolute atomic E-state index is 13.3. The first kappa shape index (κ1) is 17.0. The largest absolute Gasteiger partial charge is 0.457 e. The average molecular weight is 366 g/mol. The van der Waals surface area contributed by atoms with Crippen LogP contribution in [-0.4, -0.2) is 43.7 Å². The fourth-order valence-electron chi connectivity index (χ4n) is 4.63. The highest BCUT2D eigenvalue weighted by Crippen LogP contribution is 2.62. The van der Waals surface area contributed by atoms with E-state index < -0.39 is 0 Å². The van der Waals surface area contributed by atoms with Crippen molar-refractivity contribution in [3.05, 3.63) is 23.3 Å². The summed E-state index contributed by atoms with van der Waals surface area (Å²) in [5.41, 5.74) is 2.33. The van der Waals surface area contributed by atoms with Crippen LogP contribution < -0.4 is 0 Å². The standard InChI is InChI=1S/C21H28N5O/c1-4-5-10-25-16-11-14(13(2)3)12-22-17(16)26-18(19(25)27)23-24-20(26)21(8-9-21)15-6-7-15/h11-13,15,17H,4-10H2,1-3H3/q+1. The van der Waals surface area contributed by atoms with Crippen molar-refractivity contribution in [1.82, 2.24) is 14.8 Å². The Bertz CT molecular complexity index is 896.